The van der Waals surface area contributed by atoms with Crippen molar-refractivity contribution in [3.8, 4) is 0 Å². The molecule has 0 unspecified atom stereocenters. The third-order valence-electron chi connectivity index (χ3n) is 6.66. The maximum Gasteiger partial charge on any atom is 3.00 e. The molecule has 0 radical (unpaired) electrons. The molecule has 0 heterocycles. The molecule has 0 saturated carbocycles. The van der Waals surface area contributed by atoms with Crippen LogP contribution in [-0.4, -0.2) is 35.4 Å². The molecule has 0 aliphatic rings. The predicted octanol–water partition coefficient (Wildman–Crippen LogP) is 8.47. The van der Waals surface area contributed by atoms with Gasteiger partial charge in [-0.3, -0.25) is 0 Å². The normalized spacial score (nSPS) is 11.2. The number of hydrogen-bond acceptors (Lipinski definition) is 5. The Kier molecular flexibility index (Phi) is 52.3. The number of rotatable bonds is 28. The van der Waals surface area contributed by atoms with E-state index in [0.29, 0.717) is 0 Å². The molecule has 0 bridgehead atoms. The summed E-state index contributed by atoms with van der Waals surface area (Å²) in [5.74, 6) is -1.84. The quantitative estimate of drug-likeness (QED) is 0.0483. The molecule has 0 aromatic heterocycles. The molecule has 258 valence electrons. The average Bonchev–Trinajstić information content (AvgIpc) is 2.97. The summed E-state index contributed by atoms with van der Waals surface area (Å²) in [5.41, 5.74) is 0. The first-order chi connectivity index (χ1) is 21.3. The predicted molar refractivity (Wildman–Crippen MR) is 190 cm³/mol. The van der Waals surface area contributed by atoms with Crippen molar-refractivity contribution in [2.45, 2.75) is 188 Å². The van der Waals surface area contributed by atoms with E-state index in [1.54, 1.807) is 13.8 Å². The Labute approximate surface area is 289 Å². The molecule has 6 heteroatoms. The maximum atomic E-state index is 10.2. The minimum atomic E-state index is -0.921. The molecular formula is C39H69AlO5. The van der Waals surface area contributed by atoms with Crippen molar-refractivity contribution in [1.82, 2.24) is 0 Å². The van der Waals surface area contributed by atoms with Crippen LogP contribution in [0.3, 0.4) is 0 Å². The Bertz CT molecular complexity index is 639. The number of allylic oxidation sites excluding steroid dienone is 8. The van der Waals surface area contributed by atoms with E-state index >= 15 is 0 Å². The van der Waals surface area contributed by atoms with Crippen LogP contribution in [0.5, 0.6) is 0 Å². The second-order valence-electron chi connectivity index (χ2n) is 11.8. The van der Waals surface area contributed by atoms with Gasteiger partial charge in [-0.1, -0.05) is 141 Å². The molecule has 0 aliphatic carbocycles. The van der Waals surface area contributed by atoms with E-state index in [9.17, 15) is 24.9 Å². The van der Waals surface area contributed by atoms with Crippen molar-refractivity contribution in [1.29, 1.82) is 0 Å². The van der Waals surface area contributed by atoms with Crippen molar-refractivity contribution in [3.05, 3.63) is 48.6 Å². The van der Waals surface area contributed by atoms with Gasteiger partial charge in [-0.15, -0.1) is 6.10 Å². The van der Waals surface area contributed by atoms with Crippen LogP contribution >= 0.6 is 0 Å². The molecule has 0 aliphatic heterocycles. The van der Waals surface area contributed by atoms with Crippen molar-refractivity contribution >= 4 is 29.3 Å². The van der Waals surface area contributed by atoms with Gasteiger partial charge >= 0.3 is 17.4 Å². The van der Waals surface area contributed by atoms with E-state index < -0.39 is 18.0 Å². The minimum absolute atomic E-state index is 0. The Hall–Kier alpha value is -1.61. The molecule has 0 saturated heterocycles. The van der Waals surface area contributed by atoms with E-state index in [2.05, 4.69) is 62.5 Å². The van der Waals surface area contributed by atoms with Gasteiger partial charge in [-0.2, -0.15) is 0 Å². The summed E-state index contributed by atoms with van der Waals surface area (Å²) < 4.78 is 0. The Morgan fingerprint density at radius 1 is 0.467 bits per heavy atom. The molecule has 0 atom stereocenters. The van der Waals surface area contributed by atoms with E-state index in [0.717, 1.165) is 64.2 Å². The number of carboxylic acid groups (broad SMARTS) is 2. The van der Waals surface area contributed by atoms with Crippen LogP contribution in [0.1, 0.15) is 182 Å². The summed E-state index contributed by atoms with van der Waals surface area (Å²) in [6.07, 6.45) is 43.5. The zero-order chi connectivity index (χ0) is 33.4. The molecule has 5 nitrogen and oxygen atoms in total. The zero-order valence-corrected chi connectivity index (χ0v) is 30.9. The fourth-order valence-electron chi connectivity index (χ4n) is 4.16. The van der Waals surface area contributed by atoms with Crippen LogP contribution in [0, 0.1) is 0 Å². The first-order valence-corrected chi connectivity index (χ1v) is 17.9. The second-order valence-corrected chi connectivity index (χ2v) is 11.8. The van der Waals surface area contributed by atoms with Crippen molar-refractivity contribution in [2.24, 2.45) is 0 Å². The maximum absolute atomic E-state index is 10.2. The smallest absolute Gasteiger partial charge is 0.852 e. The molecule has 0 aromatic carbocycles. The standard InChI is InChI=1S/2C18H32O2.C3H7O.Al/c2*1-2-3-4-5-6-7-8-9-10-11-12-13-14-15-16-17-18(19)20;1-3(2)4;/h2*6-7,9-10H,2-5,8,11-17H2,1H3,(H,19,20);3H,1-2H3;/q;;-1;+3/p-2/b2*7-6-,10-9-;;. The molecule has 0 amide bonds. The molecule has 0 N–H and O–H groups in total. The average molecular weight is 645 g/mol. The molecule has 0 spiro atoms. The Morgan fingerprint density at radius 2 is 0.711 bits per heavy atom. The van der Waals surface area contributed by atoms with Gasteiger partial charge in [-0.25, -0.2) is 0 Å². The third-order valence-corrected chi connectivity index (χ3v) is 6.66. The van der Waals surface area contributed by atoms with Crippen LogP contribution in [0.4, 0.5) is 0 Å². The van der Waals surface area contributed by atoms with Crippen molar-refractivity contribution in [2.75, 3.05) is 0 Å². The number of hydrogen-bond donors (Lipinski definition) is 0. The zero-order valence-electron chi connectivity index (χ0n) is 29.8. The van der Waals surface area contributed by atoms with Crippen LogP contribution < -0.4 is 15.3 Å². The number of unbranched alkanes of at least 4 members (excludes halogenated alkanes) is 16. The minimum Gasteiger partial charge on any atom is -0.852 e. The summed E-state index contributed by atoms with van der Waals surface area (Å²) in [6, 6.07) is 0. The number of carbonyl (C=O) groups excluding carboxylic acids is 2. The summed E-state index contributed by atoms with van der Waals surface area (Å²) in [4.78, 5) is 20.4. The summed E-state index contributed by atoms with van der Waals surface area (Å²) in [7, 11) is 0. The van der Waals surface area contributed by atoms with Crippen LogP contribution in [0.25, 0.3) is 0 Å². The van der Waals surface area contributed by atoms with Gasteiger partial charge < -0.3 is 24.9 Å². The number of carbonyl (C=O) groups is 2. The van der Waals surface area contributed by atoms with Gasteiger partial charge in [0.1, 0.15) is 0 Å². The summed E-state index contributed by atoms with van der Waals surface area (Å²) in [6.45, 7) is 7.69. The van der Waals surface area contributed by atoms with E-state index in [1.807, 2.05) is 0 Å². The van der Waals surface area contributed by atoms with Gasteiger partial charge in [-0.05, 0) is 89.9 Å². The van der Waals surface area contributed by atoms with Gasteiger partial charge in [0.15, 0.2) is 0 Å². The molecule has 0 fully saturated rings. The number of carboxylic acids is 2. The van der Waals surface area contributed by atoms with Gasteiger partial charge in [0.25, 0.3) is 0 Å². The molecule has 0 aromatic rings. The van der Waals surface area contributed by atoms with E-state index in [-0.39, 0.29) is 30.2 Å². The fraction of sp³-hybridized carbons (Fsp3) is 0.744. The van der Waals surface area contributed by atoms with Crippen molar-refractivity contribution < 1.29 is 24.9 Å². The number of aliphatic carboxylic acids is 2. The molecular weight excluding hydrogens is 575 g/mol. The molecule has 45 heavy (non-hydrogen) atoms. The van der Waals surface area contributed by atoms with Gasteiger partial charge in [0.05, 0.1) is 0 Å². The first-order valence-electron chi connectivity index (χ1n) is 17.9. The van der Waals surface area contributed by atoms with Crippen LogP contribution in [0.2, 0.25) is 0 Å². The largest absolute Gasteiger partial charge is 3.00 e. The van der Waals surface area contributed by atoms with E-state index in [4.69, 9.17) is 0 Å². The van der Waals surface area contributed by atoms with Gasteiger partial charge in [0, 0.05) is 11.9 Å². The first kappa shape index (κ1) is 50.3. The Balaban J connectivity index is -0.000000327. The Morgan fingerprint density at radius 3 is 0.978 bits per heavy atom. The summed E-state index contributed by atoms with van der Waals surface area (Å²) in [5, 5.41) is 29.9. The summed E-state index contributed by atoms with van der Waals surface area (Å²) >= 11 is 0. The molecule has 0 rings (SSSR count). The topological polar surface area (TPSA) is 103 Å². The van der Waals surface area contributed by atoms with Crippen LogP contribution in [-0.2, 0) is 9.59 Å². The third kappa shape index (κ3) is 65.9. The van der Waals surface area contributed by atoms with E-state index in [1.165, 1.54) is 77.0 Å². The SMILES string of the molecule is CC(C)[O-].CCCCC/C=C\C/C=C\CCCCCCCC(=O)[O-].CCCCC/C=C\C/C=C\CCCCCCCC(=O)[O-].[Al+3]. The fourth-order valence-corrected chi connectivity index (χ4v) is 4.16. The van der Waals surface area contributed by atoms with Crippen molar-refractivity contribution in [3.63, 3.8) is 0 Å². The monoisotopic (exact) mass is 644 g/mol. The van der Waals surface area contributed by atoms with Crippen LogP contribution in [0.15, 0.2) is 48.6 Å². The van der Waals surface area contributed by atoms with Gasteiger partial charge in [0.2, 0.25) is 0 Å². The second kappa shape index (κ2) is 46.8.